The molecule has 0 atom stereocenters. The number of carbonyl (C=O) groups excluding carboxylic acids is 2. The third-order valence-corrected chi connectivity index (χ3v) is 2.14. The van der Waals surface area contributed by atoms with Crippen LogP contribution < -0.4 is 0 Å². The van der Waals surface area contributed by atoms with Crippen LogP contribution in [0, 0.1) is 11.8 Å². The van der Waals surface area contributed by atoms with Crippen LogP contribution >= 0.6 is 0 Å². The van der Waals surface area contributed by atoms with Gasteiger partial charge in [-0.1, -0.05) is 24.3 Å². The van der Waals surface area contributed by atoms with Gasteiger partial charge in [-0.3, -0.25) is 4.79 Å². The van der Waals surface area contributed by atoms with Crippen LogP contribution in [-0.4, -0.2) is 11.6 Å². The Morgan fingerprint density at radius 2 is 1.65 bits per heavy atom. The lowest BCUT2D eigenvalue weighted by atomic mass is 10.1. The zero-order chi connectivity index (χ0) is 12.9. The molecule has 0 aromatic heterocycles. The SMILES string of the molecule is C/C=C\C#C/C=C/C(=O)CCCCCC(C)=O. The molecule has 0 aliphatic heterocycles. The van der Waals surface area contributed by atoms with Crippen LogP contribution in [0.2, 0.25) is 0 Å². The molecule has 0 aliphatic rings. The average Bonchev–Trinajstić information content (AvgIpc) is 2.28. The first-order valence-electron chi connectivity index (χ1n) is 5.98. The molecule has 2 nitrogen and oxygen atoms in total. The smallest absolute Gasteiger partial charge is 0.156 e. The van der Waals surface area contributed by atoms with E-state index in [4.69, 9.17) is 0 Å². The van der Waals surface area contributed by atoms with Crippen molar-refractivity contribution in [2.75, 3.05) is 0 Å². The van der Waals surface area contributed by atoms with Crippen molar-refractivity contribution in [2.24, 2.45) is 0 Å². The molecule has 0 aromatic rings. The third kappa shape index (κ3) is 12.3. The summed E-state index contributed by atoms with van der Waals surface area (Å²) in [4.78, 5) is 22.0. The van der Waals surface area contributed by atoms with Crippen molar-refractivity contribution in [2.45, 2.75) is 46.0 Å². The molecule has 0 aliphatic carbocycles. The van der Waals surface area contributed by atoms with E-state index in [1.54, 1.807) is 19.1 Å². The van der Waals surface area contributed by atoms with Crippen LogP contribution in [0.5, 0.6) is 0 Å². The van der Waals surface area contributed by atoms with Crippen LogP contribution in [-0.2, 0) is 9.59 Å². The fourth-order valence-electron chi connectivity index (χ4n) is 1.25. The van der Waals surface area contributed by atoms with Crippen molar-refractivity contribution < 1.29 is 9.59 Å². The maximum absolute atomic E-state index is 11.3. The van der Waals surface area contributed by atoms with Crippen molar-refractivity contribution >= 4 is 11.6 Å². The summed E-state index contributed by atoms with van der Waals surface area (Å²) in [6.45, 7) is 3.49. The van der Waals surface area contributed by atoms with Gasteiger partial charge in [-0.2, -0.15) is 0 Å². The third-order valence-electron chi connectivity index (χ3n) is 2.14. The van der Waals surface area contributed by atoms with Gasteiger partial charge in [-0.15, -0.1) is 0 Å². The van der Waals surface area contributed by atoms with E-state index in [1.807, 2.05) is 13.0 Å². The molecule has 0 saturated heterocycles. The fourth-order valence-corrected chi connectivity index (χ4v) is 1.25. The second-order valence-corrected chi connectivity index (χ2v) is 3.85. The first-order valence-corrected chi connectivity index (χ1v) is 5.98. The maximum Gasteiger partial charge on any atom is 0.156 e. The Hall–Kier alpha value is -1.62. The number of carbonyl (C=O) groups is 2. The highest BCUT2D eigenvalue weighted by molar-refractivity contribution is 5.90. The highest BCUT2D eigenvalue weighted by Gasteiger charge is 1.97. The second kappa shape index (κ2) is 10.9. The molecule has 0 radical (unpaired) electrons. The molecule has 0 saturated carbocycles. The first kappa shape index (κ1) is 15.4. The summed E-state index contributed by atoms with van der Waals surface area (Å²) in [5.74, 6) is 5.84. The largest absolute Gasteiger partial charge is 0.300 e. The highest BCUT2D eigenvalue weighted by Crippen LogP contribution is 2.04. The van der Waals surface area contributed by atoms with E-state index in [0.717, 1.165) is 19.3 Å². The molecular weight excluding hydrogens is 212 g/mol. The maximum atomic E-state index is 11.3. The van der Waals surface area contributed by atoms with Gasteiger partial charge in [0.1, 0.15) is 5.78 Å². The Bertz CT molecular complexity index is 351. The zero-order valence-corrected chi connectivity index (χ0v) is 10.7. The van der Waals surface area contributed by atoms with Crippen molar-refractivity contribution in [3.63, 3.8) is 0 Å². The van der Waals surface area contributed by atoms with Gasteiger partial charge in [0.25, 0.3) is 0 Å². The van der Waals surface area contributed by atoms with Crippen LogP contribution in [0.1, 0.15) is 46.0 Å². The molecule has 0 heterocycles. The van der Waals surface area contributed by atoms with Crippen LogP contribution in [0.3, 0.4) is 0 Å². The first-order chi connectivity index (χ1) is 8.16. The Morgan fingerprint density at radius 1 is 1.00 bits per heavy atom. The summed E-state index contributed by atoms with van der Waals surface area (Å²) in [7, 11) is 0. The lowest BCUT2D eigenvalue weighted by Crippen LogP contribution is -1.93. The Labute approximate surface area is 104 Å². The minimum Gasteiger partial charge on any atom is -0.300 e. The summed E-state index contributed by atoms with van der Waals surface area (Å²) < 4.78 is 0. The standard InChI is InChI=1S/C15H20O2/c1-3-4-5-6-9-12-15(17)13-10-7-8-11-14(2)16/h3-4,9,12H,7-8,10-11,13H2,1-2H3/b4-3-,12-9+. The number of rotatable bonds is 7. The van der Waals surface area contributed by atoms with Gasteiger partial charge < -0.3 is 4.79 Å². The monoisotopic (exact) mass is 232 g/mol. The van der Waals surface area contributed by atoms with E-state index < -0.39 is 0 Å². The van der Waals surface area contributed by atoms with Gasteiger partial charge in [0, 0.05) is 12.8 Å². The highest BCUT2D eigenvalue weighted by atomic mass is 16.1. The normalized spacial score (nSPS) is 10.5. The molecule has 0 aromatic carbocycles. The summed E-state index contributed by atoms with van der Waals surface area (Å²) in [6.07, 6.45) is 10.5. The van der Waals surface area contributed by atoms with E-state index >= 15 is 0 Å². The zero-order valence-electron chi connectivity index (χ0n) is 10.7. The molecule has 0 bridgehead atoms. The van der Waals surface area contributed by atoms with Crippen molar-refractivity contribution in [1.82, 2.24) is 0 Å². The number of allylic oxidation sites excluding steroid dienone is 4. The van der Waals surface area contributed by atoms with E-state index in [2.05, 4.69) is 11.8 Å². The molecule has 0 N–H and O–H groups in total. The predicted molar refractivity (Wildman–Crippen MR) is 70.5 cm³/mol. The van der Waals surface area contributed by atoms with Crippen molar-refractivity contribution in [3.8, 4) is 11.8 Å². The molecule has 0 fully saturated rings. The van der Waals surface area contributed by atoms with Gasteiger partial charge >= 0.3 is 0 Å². The number of unbranched alkanes of at least 4 members (excludes halogenated alkanes) is 2. The molecule has 92 valence electrons. The number of ketones is 2. The number of Topliss-reactive ketones (excluding diaryl/α,β-unsaturated/α-hetero) is 1. The van der Waals surface area contributed by atoms with Gasteiger partial charge in [0.2, 0.25) is 0 Å². The molecule has 0 rings (SSSR count). The Morgan fingerprint density at radius 3 is 2.29 bits per heavy atom. The van der Waals surface area contributed by atoms with E-state index in [0.29, 0.717) is 12.8 Å². The fraction of sp³-hybridized carbons (Fsp3) is 0.467. The van der Waals surface area contributed by atoms with E-state index in [-0.39, 0.29) is 11.6 Å². The van der Waals surface area contributed by atoms with Crippen molar-refractivity contribution in [3.05, 3.63) is 24.3 Å². The average molecular weight is 232 g/mol. The molecular formula is C15H20O2. The van der Waals surface area contributed by atoms with Gasteiger partial charge in [-0.05, 0) is 44.9 Å². The minimum atomic E-state index is 0.0996. The van der Waals surface area contributed by atoms with E-state index in [1.165, 1.54) is 6.08 Å². The van der Waals surface area contributed by atoms with Gasteiger partial charge in [-0.25, -0.2) is 0 Å². The van der Waals surface area contributed by atoms with Gasteiger partial charge in [0.05, 0.1) is 0 Å². The molecule has 2 heteroatoms. The molecule has 0 amide bonds. The van der Waals surface area contributed by atoms with E-state index in [9.17, 15) is 9.59 Å². The second-order valence-electron chi connectivity index (χ2n) is 3.85. The molecule has 0 spiro atoms. The summed E-state index contributed by atoms with van der Waals surface area (Å²) >= 11 is 0. The topological polar surface area (TPSA) is 34.1 Å². The number of hydrogen-bond donors (Lipinski definition) is 0. The quantitative estimate of drug-likeness (QED) is 0.383. The molecule has 0 unspecified atom stereocenters. The van der Waals surface area contributed by atoms with Gasteiger partial charge in [0.15, 0.2) is 5.78 Å². The lowest BCUT2D eigenvalue weighted by Gasteiger charge is -1.96. The molecule has 17 heavy (non-hydrogen) atoms. The van der Waals surface area contributed by atoms with Crippen LogP contribution in [0.15, 0.2) is 24.3 Å². The number of hydrogen-bond acceptors (Lipinski definition) is 2. The van der Waals surface area contributed by atoms with Crippen LogP contribution in [0.25, 0.3) is 0 Å². The van der Waals surface area contributed by atoms with Crippen molar-refractivity contribution in [1.29, 1.82) is 0 Å². The van der Waals surface area contributed by atoms with Crippen LogP contribution in [0.4, 0.5) is 0 Å². The Balaban J connectivity index is 3.60. The summed E-state index contributed by atoms with van der Waals surface area (Å²) in [5, 5.41) is 0. The lowest BCUT2D eigenvalue weighted by molar-refractivity contribution is -0.117. The predicted octanol–water partition coefficient (Wildman–Crippen LogP) is 3.23. The summed E-state index contributed by atoms with van der Waals surface area (Å²) in [6, 6.07) is 0. The minimum absolute atomic E-state index is 0.0996. The summed E-state index contributed by atoms with van der Waals surface area (Å²) in [5.41, 5.74) is 0. The Kier molecular flexibility index (Phi) is 9.85.